The molecule has 1 aliphatic heterocycles. The lowest BCUT2D eigenvalue weighted by Crippen LogP contribution is -2.58. The monoisotopic (exact) mass is 648 g/mol. The van der Waals surface area contributed by atoms with Crippen molar-refractivity contribution < 1.29 is 19.2 Å². The van der Waals surface area contributed by atoms with E-state index in [-0.39, 0.29) is 18.3 Å². The third-order valence-electron chi connectivity index (χ3n) is 8.26. The zero-order chi connectivity index (χ0) is 34.0. The minimum atomic E-state index is -0.978. The smallest absolute Gasteiger partial charge is 0.245 e. The Hall–Kier alpha value is -4.45. The normalized spacial score (nSPS) is 15.4. The molecule has 1 fully saturated rings. The van der Waals surface area contributed by atoms with Gasteiger partial charge in [0.05, 0.1) is 6.04 Å². The standard InChI is InChI=1S/C35H52N8O4/c1-2-3-18-28(32(45)41-29(19-13-20-39-35(37)38)34(47)43-21-11-6-12-22-43)40-33(46)30(24-26-16-9-5-10-17-26)42-31(44)27(36)23-25-14-7-4-8-15-25/h4-5,7-10,14-17,27-30H,2-3,6,11-13,18-24,36H2,1H3,(H,40,46)(H,41,45)(H,42,44)(H4,37,38,39)/t27-,28-,29-,30-/m1/s1. The topological polar surface area (TPSA) is 198 Å². The van der Waals surface area contributed by atoms with Crippen LogP contribution in [0.2, 0.25) is 0 Å². The highest BCUT2D eigenvalue weighted by atomic mass is 16.2. The first-order valence-corrected chi connectivity index (χ1v) is 16.8. The van der Waals surface area contributed by atoms with Crippen LogP contribution in [0, 0.1) is 0 Å². The summed E-state index contributed by atoms with van der Waals surface area (Å²) in [5, 5.41) is 8.64. The van der Waals surface area contributed by atoms with Crippen LogP contribution in [0.1, 0.15) is 69.4 Å². The first-order valence-electron chi connectivity index (χ1n) is 16.8. The average molecular weight is 649 g/mol. The van der Waals surface area contributed by atoms with Crippen molar-refractivity contribution in [2.45, 2.75) is 95.3 Å². The molecular formula is C35H52N8O4. The van der Waals surface area contributed by atoms with Gasteiger partial charge in [-0.15, -0.1) is 0 Å². The molecule has 0 bridgehead atoms. The summed E-state index contributed by atoms with van der Waals surface area (Å²) in [7, 11) is 0. The van der Waals surface area contributed by atoms with Crippen molar-refractivity contribution in [2.75, 3.05) is 19.6 Å². The highest BCUT2D eigenvalue weighted by molar-refractivity contribution is 5.95. The van der Waals surface area contributed by atoms with Crippen LogP contribution in [-0.4, -0.2) is 78.3 Å². The third-order valence-corrected chi connectivity index (χ3v) is 8.26. The summed E-state index contributed by atoms with van der Waals surface area (Å²) in [6.45, 7) is 3.60. The molecule has 1 heterocycles. The van der Waals surface area contributed by atoms with Gasteiger partial charge in [-0.2, -0.15) is 0 Å². The Morgan fingerprint density at radius 3 is 1.85 bits per heavy atom. The van der Waals surface area contributed by atoms with E-state index in [1.807, 2.05) is 67.6 Å². The number of carbonyl (C=O) groups excluding carboxylic acids is 4. The van der Waals surface area contributed by atoms with Gasteiger partial charge in [-0.1, -0.05) is 80.4 Å². The molecule has 1 saturated heterocycles. The van der Waals surface area contributed by atoms with Crippen LogP contribution in [0.25, 0.3) is 0 Å². The molecule has 1 aliphatic rings. The highest BCUT2D eigenvalue weighted by Gasteiger charge is 2.32. The predicted molar refractivity (Wildman–Crippen MR) is 184 cm³/mol. The Morgan fingerprint density at radius 1 is 0.723 bits per heavy atom. The fourth-order valence-corrected chi connectivity index (χ4v) is 5.62. The summed E-state index contributed by atoms with van der Waals surface area (Å²) >= 11 is 0. The van der Waals surface area contributed by atoms with Crippen molar-refractivity contribution in [3.8, 4) is 0 Å². The number of piperidine rings is 1. The molecule has 2 aromatic carbocycles. The van der Waals surface area contributed by atoms with E-state index in [0.717, 1.165) is 36.8 Å². The number of unbranched alkanes of at least 4 members (excludes halogenated alkanes) is 1. The molecule has 12 heteroatoms. The molecule has 47 heavy (non-hydrogen) atoms. The van der Waals surface area contributed by atoms with Gasteiger partial charge in [0.2, 0.25) is 23.6 Å². The molecule has 256 valence electrons. The van der Waals surface area contributed by atoms with E-state index in [9.17, 15) is 19.2 Å². The predicted octanol–water partition coefficient (Wildman–Crippen LogP) is 1.51. The number of rotatable bonds is 18. The van der Waals surface area contributed by atoms with E-state index >= 15 is 0 Å². The van der Waals surface area contributed by atoms with Crippen LogP contribution in [0.15, 0.2) is 65.7 Å². The van der Waals surface area contributed by atoms with Crippen LogP contribution in [-0.2, 0) is 32.0 Å². The molecule has 9 N–H and O–H groups in total. The van der Waals surface area contributed by atoms with Gasteiger partial charge in [-0.3, -0.25) is 24.2 Å². The van der Waals surface area contributed by atoms with Crippen LogP contribution in [0.4, 0.5) is 0 Å². The van der Waals surface area contributed by atoms with Gasteiger partial charge in [0.25, 0.3) is 0 Å². The SMILES string of the molecule is CCCC[C@@H](NC(=O)[C@@H](Cc1ccccc1)NC(=O)[C@H](N)Cc1ccccc1)C(=O)N[C@H](CCCN=C(N)N)C(=O)N1CCCCC1. The first-order chi connectivity index (χ1) is 22.7. The number of guanidine groups is 1. The summed E-state index contributed by atoms with van der Waals surface area (Å²) in [4.78, 5) is 60.1. The Kier molecular flexibility index (Phi) is 15.7. The van der Waals surface area contributed by atoms with E-state index in [1.54, 1.807) is 4.90 Å². The Labute approximate surface area is 278 Å². The average Bonchev–Trinajstić information content (AvgIpc) is 3.08. The van der Waals surface area contributed by atoms with E-state index in [0.29, 0.717) is 51.7 Å². The summed E-state index contributed by atoms with van der Waals surface area (Å²) < 4.78 is 0. The highest BCUT2D eigenvalue weighted by Crippen LogP contribution is 2.14. The molecule has 0 radical (unpaired) electrons. The molecule has 0 aliphatic carbocycles. The number of nitrogens with two attached hydrogens (primary N) is 3. The number of carbonyl (C=O) groups is 4. The number of hydrogen-bond acceptors (Lipinski definition) is 6. The molecule has 12 nitrogen and oxygen atoms in total. The van der Waals surface area contributed by atoms with Crippen LogP contribution in [0.3, 0.4) is 0 Å². The second kappa shape index (κ2) is 19.9. The summed E-state index contributed by atoms with van der Waals surface area (Å²) in [6, 6.07) is 15.2. The van der Waals surface area contributed by atoms with Crippen LogP contribution < -0.4 is 33.2 Å². The van der Waals surface area contributed by atoms with Gasteiger partial charge in [-0.25, -0.2) is 0 Å². The number of nitrogens with zero attached hydrogens (tertiary/aromatic N) is 2. The zero-order valence-corrected chi connectivity index (χ0v) is 27.5. The molecule has 2 aromatic rings. The molecule has 4 atom stereocenters. The number of hydrogen-bond donors (Lipinski definition) is 6. The van der Waals surface area contributed by atoms with Gasteiger partial charge in [0, 0.05) is 26.1 Å². The van der Waals surface area contributed by atoms with Crippen molar-refractivity contribution in [1.82, 2.24) is 20.9 Å². The van der Waals surface area contributed by atoms with Gasteiger partial charge < -0.3 is 38.1 Å². The molecule has 3 rings (SSSR count). The molecule has 0 unspecified atom stereocenters. The lowest BCUT2D eigenvalue weighted by atomic mass is 10.0. The van der Waals surface area contributed by atoms with E-state index in [2.05, 4.69) is 20.9 Å². The summed E-state index contributed by atoms with van der Waals surface area (Å²) in [6.07, 6.45) is 6.08. The molecule has 4 amide bonds. The second-order valence-corrected chi connectivity index (χ2v) is 12.1. The van der Waals surface area contributed by atoms with Crippen LogP contribution >= 0.6 is 0 Å². The summed E-state index contributed by atoms with van der Waals surface area (Å²) in [5.74, 6) is -1.60. The van der Waals surface area contributed by atoms with Crippen molar-refractivity contribution in [2.24, 2.45) is 22.2 Å². The minimum Gasteiger partial charge on any atom is -0.370 e. The Morgan fingerprint density at radius 2 is 1.26 bits per heavy atom. The number of likely N-dealkylation sites (tertiary alicyclic amines) is 1. The van der Waals surface area contributed by atoms with Gasteiger partial charge >= 0.3 is 0 Å². The fourth-order valence-electron chi connectivity index (χ4n) is 5.62. The molecule has 0 saturated carbocycles. The van der Waals surface area contributed by atoms with E-state index in [1.165, 1.54) is 0 Å². The Bertz CT molecular complexity index is 1300. The molecule has 0 aromatic heterocycles. The maximum absolute atomic E-state index is 13.8. The van der Waals surface area contributed by atoms with Gasteiger partial charge in [0.1, 0.15) is 18.1 Å². The van der Waals surface area contributed by atoms with Crippen molar-refractivity contribution in [3.05, 3.63) is 71.8 Å². The number of amides is 4. The van der Waals surface area contributed by atoms with E-state index < -0.39 is 41.9 Å². The number of nitrogens with one attached hydrogen (secondary N) is 3. The number of benzene rings is 2. The second-order valence-electron chi connectivity index (χ2n) is 12.1. The zero-order valence-electron chi connectivity index (χ0n) is 27.5. The first kappa shape index (κ1) is 37.0. The Balaban J connectivity index is 1.76. The van der Waals surface area contributed by atoms with Crippen molar-refractivity contribution in [1.29, 1.82) is 0 Å². The van der Waals surface area contributed by atoms with Crippen LogP contribution in [0.5, 0.6) is 0 Å². The van der Waals surface area contributed by atoms with Crippen molar-refractivity contribution >= 4 is 29.6 Å². The molecule has 0 spiro atoms. The quantitative estimate of drug-likeness (QED) is 0.0800. The van der Waals surface area contributed by atoms with Gasteiger partial charge in [0.15, 0.2) is 5.96 Å². The van der Waals surface area contributed by atoms with E-state index in [4.69, 9.17) is 17.2 Å². The van der Waals surface area contributed by atoms with Gasteiger partial charge in [-0.05, 0) is 56.1 Å². The largest absolute Gasteiger partial charge is 0.370 e. The van der Waals surface area contributed by atoms with Crippen molar-refractivity contribution in [3.63, 3.8) is 0 Å². The third kappa shape index (κ3) is 13.1. The fraction of sp³-hybridized carbons (Fsp3) is 0.514. The lowest BCUT2D eigenvalue weighted by Gasteiger charge is -2.32. The number of aliphatic imine (C=N–C) groups is 1. The maximum atomic E-state index is 13.8. The summed E-state index contributed by atoms with van der Waals surface area (Å²) in [5.41, 5.74) is 18.9. The maximum Gasteiger partial charge on any atom is 0.245 e. The minimum absolute atomic E-state index is 0.0338. The molecular weight excluding hydrogens is 596 g/mol. The lowest BCUT2D eigenvalue weighted by molar-refractivity contribution is -0.138.